The van der Waals surface area contributed by atoms with Gasteiger partial charge in [-0.25, -0.2) is 4.68 Å². The molecule has 0 radical (unpaired) electrons. The number of hydrogen-bond acceptors (Lipinski definition) is 7. The average Bonchev–Trinajstić information content (AvgIpc) is 3.14. The highest BCUT2D eigenvalue weighted by atomic mass is 35.5. The molecule has 0 amide bonds. The van der Waals surface area contributed by atoms with Gasteiger partial charge in [0.15, 0.2) is 11.5 Å². The molecule has 160 valence electrons. The third-order valence-corrected chi connectivity index (χ3v) is 5.74. The number of hydrogen-bond donors (Lipinski definition) is 1. The summed E-state index contributed by atoms with van der Waals surface area (Å²) in [7, 11) is 1.82. The van der Waals surface area contributed by atoms with Crippen LogP contribution < -0.4 is 14.8 Å². The van der Waals surface area contributed by atoms with E-state index in [1.54, 1.807) is 22.5 Å². The van der Waals surface area contributed by atoms with Crippen LogP contribution in [0.4, 0.5) is 0 Å². The first-order valence-electron chi connectivity index (χ1n) is 9.45. The van der Waals surface area contributed by atoms with E-state index in [4.69, 9.17) is 32.7 Å². The predicted octanol–water partition coefficient (Wildman–Crippen LogP) is 4.38. The molecule has 0 fully saturated rings. The maximum Gasteiger partial charge on any atom is 0.209 e. The maximum absolute atomic E-state index is 6.49. The Balaban J connectivity index is 1.56. The standard InChI is InChI=1S/C20H23Cl2N5O2S/c1-3-28-18-10-15(12-23-8-9-30-20-24-25-26-27(20)2)17(22)11-19(18)29-13-14-4-6-16(21)7-5-14/h4-7,10-11,23H,3,8-9,12-13H2,1-2H3. The van der Waals surface area contributed by atoms with Crippen molar-refractivity contribution >= 4 is 35.0 Å². The first kappa shape index (κ1) is 22.7. The smallest absolute Gasteiger partial charge is 0.209 e. The lowest BCUT2D eigenvalue weighted by Crippen LogP contribution is -2.17. The van der Waals surface area contributed by atoms with Gasteiger partial charge in [-0.3, -0.25) is 0 Å². The fraction of sp³-hybridized carbons (Fsp3) is 0.350. The lowest BCUT2D eigenvalue weighted by Gasteiger charge is -2.15. The Kier molecular flexibility index (Phi) is 8.62. The second-order valence-electron chi connectivity index (χ2n) is 6.35. The van der Waals surface area contributed by atoms with Crippen molar-refractivity contribution in [2.24, 2.45) is 7.05 Å². The number of ether oxygens (including phenoxy) is 2. The molecular formula is C20H23Cl2N5O2S. The summed E-state index contributed by atoms with van der Waals surface area (Å²) >= 11 is 14.0. The zero-order valence-corrected chi connectivity index (χ0v) is 19.1. The molecule has 30 heavy (non-hydrogen) atoms. The van der Waals surface area contributed by atoms with Crippen LogP contribution in [0.2, 0.25) is 10.0 Å². The van der Waals surface area contributed by atoms with Crippen molar-refractivity contribution in [3.63, 3.8) is 0 Å². The van der Waals surface area contributed by atoms with Crippen LogP contribution in [0.1, 0.15) is 18.1 Å². The van der Waals surface area contributed by atoms with E-state index in [2.05, 4.69) is 20.8 Å². The lowest BCUT2D eigenvalue weighted by molar-refractivity contribution is 0.269. The Morgan fingerprint density at radius 2 is 1.87 bits per heavy atom. The molecular weight excluding hydrogens is 445 g/mol. The van der Waals surface area contributed by atoms with Gasteiger partial charge in [0.05, 0.1) is 6.61 Å². The van der Waals surface area contributed by atoms with E-state index in [-0.39, 0.29) is 0 Å². The van der Waals surface area contributed by atoms with Crippen molar-refractivity contribution < 1.29 is 9.47 Å². The Hall–Kier alpha value is -2.00. The van der Waals surface area contributed by atoms with Gasteiger partial charge in [0.1, 0.15) is 6.61 Å². The van der Waals surface area contributed by atoms with Crippen LogP contribution in [0.3, 0.4) is 0 Å². The van der Waals surface area contributed by atoms with E-state index in [0.717, 1.165) is 28.6 Å². The Morgan fingerprint density at radius 3 is 2.57 bits per heavy atom. The third-order valence-electron chi connectivity index (χ3n) is 4.13. The van der Waals surface area contributed by atoms with E-state index >= 15 is 0 Å². The molecule has 1 heterocycles. The minimum Gasteiger partial charge on any atom is -0.490 e. The van der Waals surface area contributed by atoms with Crippen molar-refractivity contribution in [3.05, 3.63) is 57.6 Å². The van der Waals surface area contributed by atoms with E-state index in [9.17, 15) is 0 Å². The summed E-state index contributed by atoms with van der Waals surface area (Å²) in [4.78, 5) is 0. The summed E-state index contributed by atoms with van der Waals surface area (Å²) in [6.07, 6.45) is 0. The number of thioether (sulfide) groups is 1. The Labute approximate surface area is 190 Å². The Morgan fingerprint density at radius 1 is 1.10 bits per heavy atom. The first-order chi connectivity index (χ1) is 14.6. The SMILES string of the molecule is CCOc1cc(CNCCSc2nnnn2C)c(Cl)cc1OCc1ccc(Cl)cc1. The van der Waals surface area contributed by atoms with Crippen molar-refractivity contribution in [1.29, 1.82) is 0 Å². The molecule has 0 atom stereocenters. The van der Waals surface area contributed by atoms with Crippen LogP contribution in [0.5, 0.6) is 11.5 Å². The molecule has 7 nitrogen and oxygen atoms in total. The lowest BCUT2D eigenvalue weighted by atomic mass is 10.2. The maximum atomic E-state index is 6.49. The molecule has 0 saturated carbocycles. The third kappa shape index (κ3) is 6.50. The molecule has 3 aromatic rings. The first-order valence-corrected chi connectivity index (χ1v) is 11.2. The van der Waals surface area contributed by atoms with E-state index in [0.29, 0.717) is 41.3 Å². The van der Waals surface area contributed by atoms with E-state index < -0.39 is 0 Å². The number of rotatable bonds is 11. The summed E-state index contributed by atoms with van der Waals surface area (Å²) in [5, 5.41) is 16.9. The van der Waals surface area contributed by atoms with Crippen LogP contribution in [0.15, 0.2) is 41.6 Å². The molecule has 0 saturated heterocycles. The molecule has 1 N–H and O–H groups in total. The van der Waals surface area contributed by atoms with Crippen molar-refractivity contribution in [2.75, 3.05) is 18.9 Å². The molecule has 0 aliphatic heterocycles. The Bertz CT molecular complexity index is 953. The van der Waals surface area contributed by atoms with Gasteiger partial charge >= 0.3 is 0 Å². The summed E-state index contributed by atoms with van der Waals surface area (Å²) in [6, 6.07) is 11.3. The molecule has 0 bridgehead atoms. The van der Waals surface area contributed by atoms with Gasteiger partial charge in [0.25, 0.3) is 0 Å². The highest BCUT2D eigenvalue weighted by Crippen LogP contribution is 2.34. The van der Waals surface area contributed by atoms with E-state index in [1.807, 2.05) is 44.3 Å². The van der Waals surface area contributed by atoms with Gasteiger partial charge in [0.2, 0.25) is 5.16 Å². The topological polar surface area (TPSA) is 74.1 Å². The number of benzene rings is 2. The largest absolute Gasteiger partial charge is 0.490 e. The molecule has 1 aromatic heterocycles. The summed E-state index contributed by atoms with van der Waals surface area (Å²) < 4.78 is 13.4. The molecule has 0 aliphatic rings. The van der Waals surface area contributed by atoms with Gasteiger partial charge in [0, 0.05) is 42.0 Å². The number of nitrogens with zero attached hydrogens (tertiary/aromatic N) is 4. The highest BCUT2D eigenvalue weighted by molar-refractivity contribution is 7.99. The summed E-state index contributed by atoms with van der Waals surface area (Å²) in [5.74, 6) is 2.13. The van der Waals surface area contributed by atoms with Gasteiger partial charge in [-0.05, 0) is 46.7 Å². The van der Waals surface area contributed by atoms with Crippen LogP contribution in [-0.4, -0.2) is 39.1 Å². The second kappa shape index (κ2) is 11.4. The molecule has 10 heteroatoms. The normalized spacial score (nSPS) is 10.9. The predicted molar refractivity (Wildman–Crippen MR) is 120 cm³/mol. The van der Waals surface area contributed by atoms with Crippen LogP contribution >= 0.6 is 35.0 Å². The van der Waals surface area contributed by atoms with E-state index in [1.165, 1.54) is 0 Å². The number of halogens is 2. The van der Waals surface area contributed by atoms with Crippen molar-refractivity contribution in [2.45, 2.75) is 25.2 Å². The van der Waals surface area contributed by atoms with Crippen LogP contribution in [0.25, 0.3) is 0 Å². The number of aromatic nitrogens is 4. The number of tetrazole rings is 1. The summed E-state index contributed by atoms with van der Waals surface area (Å²) in [6.45, 7) is 4.28. The monoisotopic (exact) mass is 467 g/mol. The molecule has 0 aliphatic carbocycles. The van der Waals surface area contributed by atoms with Crippen molar-refractivity contribution in [1.82, 2.24) is 25.5 Å². The fourth-order valence-electron chi connectivity index (χ4n) is 2.62. The van der Waals surface area contributed by atoms with Crippen LogP contribution in [-0.2, 0) is 20.2 Å². The molecule has 3 rings (SSSR count). The second-order valence-corrected chi connectivity index (χ2v) is 8.25. The van der Waals surface area contributed by atoms with Gasteiger partial charge in [-0.1, -0.05) is 47.1 Å². The summed E-state index contributed by atoms with van der Waals surface area (Å²) in [5.41, 5.74) is 1.96. The molecule has 0 unspecified atom stereocenters. The van der Waals surface area contributed by atoms with Crippen molar-refractivity contribution in [3.8, 4) is 11.5 Å². The van der Waals surface area contributed by atoms with Gasteiger partial charge in [-0.15, -0.1) is 5.10 Å². The zero-order chi connectivity index (χ0) is 21.3. The fourth-order valence-corrected chi connectivity index (χ4v) is 3.71. The van der Waals surface area contributed by atoms with Gasteiger partial charge in [-0.2, -0.15) is 0 Å². The van der Waals surface area contributed by atoms with Gasteiger partial charge < -0.3 is 14.8 Å². The zero-order valence-electron chi connectivity index (χ0n) is 16.8. The number of aryl methyl sites for hydroxylation is 1. The quantitative estimate of drug-likeness (QED) is 0.331. The average molecular weight is 468 g/mol. The van der Waals surface area contributed by atoms with Crippen LogP contribution in [0, 0.1) is 0 Å². The highest BCUT2D eigenvalue weighted by Gasteiger charge is 2.12. The molecule has 2 aromatic carbocycles. The number of nitrogens with one attached hydrogen (secondary N) is 1. The molecule has 0 spiro atoms. The minimum atomic E-state index is 0.402. The minimum absolute atomic E-state index is 0.402.